The third-order valence-electron chi connectivity index (χ3n) is 3.45. The molecule has 9 heteroatoms. The van der Waals surface area contributed by atoms with Gasteiger partial charge in [0.15, 0.2) is 0 Å². The maximum Gasteiger partial charge on any atom is 0.351 e. The number of anilines is 1. The average molecular weight is 335 g/mol. The first kappa shape index (κ1) is 15.8. The first-order valence-electron chi connectivity index (χ1n) is 6.87. The second-order valence-corrected chi connectivity index (χ2v) is 5.20. The molecular formula is C15H11F2N3O4. The van der Waals surface area contributed by atoms with Crippen molar-refractivity contribution in [3.63, 3.8) is 0 Å². The topological polar surface area (TPSA) is 92.5 Å². The van der Waals surface area contributed by atoms with Crippen LogP contribution in [-0.4, -0.2) is 34.3 Å². The molecule has 7 nitrogen and oxygen atoms in total. The van der Waals surface area contributed by atoms with Gasteiger partial charge in [-0.25, -0.2) is 0 Å². The summed E-state index contributed by atoms with van der Waals surface area (Å²) in [6.45, 7) is 0.760. The number of fused-ring (bicyclic) bond motifs is 1. The predicted octanol–water partition coefficient (Wildman–Crippen LogP) is 1.70. The Bertz CT molecular complexity index is 847. The number of benzene rings is 1. The maximum atomic E-state index is 14.2. The van der Waals surface area contributed by atoms with Gasteiger partial charge in [0.05, 0.1) is 5.69 Å². The van der Waals surface area contributed by atoms with Crippen LogP contribution in [0.3, 0.4) is 0 Å². The molecule has 1 aliphatic heterocycles. The largest absolute Gasteiger partial charge is 0.351 e. The second kappa shape index (κ2) is 5.52. The summed E-state index contributed by atoms with van der Waals surface area (Å²) < 4.78 is 33.1. The number of hydrogen-bond donors (Lipinski definition) is 1. The predicted molar refractivity (Wildman–Crippen MR) is 76.2 cm³/mol. The third-order valence-corrected chi connectivity index (χ3v) is 3.45. The highest BCUT2D eigenvalue weighted by Gasteiger charge is 2.52. The van der Waals surface area contributed by atoms with E-state index in [1.165, 1.54) is 24.3 Å². The molecule has 0 aliphatic carbocycles. The average Bonchev–Trinajstić information content (AvgIpc) is 2.95. The van der Waals surface area contributed by atoms with Crippen LogP contribution < -0.4 is 5.32 Å². The standard InChI is InChI=1S/C15H11F2N3O4/c1-8-6-12(24-19-8)18-11(21)7-20-13(22)9-4-2-3-5-10(9)15(16,17)14(20)23/h2-6H,7H2,1H3,(H,18,21). The summed E-state index contributed by atoms with van der Waals surface area (Å²) in [4.78, 5) is 36.4. The fourth-order valence-corrected chi connectivity index (χ4v) is 2.35. The number of aromatic nitrogens is 1. The molecule has 0 fully saturated rings. The van der Waals surface area contributed by atoms with Crippen molar-refractivity contribution in [1.29, 1.82) is 0 Å². The van der Waals surface area contributed by atoms with Crippen LogP contribution in [0.2, 0.25) is 0 Å². The first-order chi connectivity index (χ1) is 11.3. The number of amides is 3. The highest BCUT2D eigenvalue weighted by molar-refractivity contribution is 6.14. The minimum atomic E-state index is -3.88. The normalized spacial score (nSPS) is 16.0. The lowest BCUT2D eigenvalue weighted by Gasteiger charge is -2.31. The molecule has 124 valence electrons. The van der Waals surface area contributed by atoms with E-state index in [-0.39, 0.29) is 16.3 Å². The number of nitrogens with one attached hydrogen (secondary N) is 1. The zero-order chi connectivity index (χ0) is 17.5. The van der Waals surface area contributed by atoms with Crippen LogP contribution in [0, 0.1) is 6.92 Å². The van der Waals surface area contributed by atoms with Crippen LogP contribution >= 0.6 is 0 Å². The molecule has 24 heavy (non-hydrogen) atoms. The summed E-state index contributed by atoms with van der Waals surface area (Å²) in [7, 11) is 0. The van der Waals surface area contributed by atoms with E-state index in [9.17, 15) is 23.2 Å². The van der Waals surface area contributed by atoms with Crippen LogP contribution in [-0.2, 0) is 15.5 Å². The zero-order valence-electron chi connectivity index (χ0n) is 12.4. The van der Waals surface area contributed by atoms with Gasteiger partial charge in [0, 0.05) is 17.2 Å². The molecule has 3 rings (SSSR count). The summed E-state index contributed by atoms with van der Waals surface area (Å²) in [6, 6.07) is 6.31. The number of rotatable bonds is 3. The van der Waals surface area contributed by atoms with Gasteiger partial charge >= 0.3 is 11.8 Å². The number of carbonyl (C=O) groups excluding carboxylic acids is 3. The van der Waals surface area contributed by atoms with Gasteiger partial charge in [-0.05, 0) is 13.0 Å². The van der Waals surface area contributed by atoms with E-state index in [1.54, 1.807) is 6.92 Å². The lowest BCUT2D eigenvalue weighted by atomic mass is 9.95. The highest BCUT2D eigenvalue weighted by Crippen LogP contribution is 2.37. The van der Waals surface area contributed by atoms with Crippen LogP contribution in [0.1, 0.15) is 21.6 Å². The number of imide groups is 1. The first-order valence-corrected chi connectivity index (χ1v) is 6.87. The number of aryl methyl sites for hydroxylation is 1. The summed E-state index contributed by atoms with van der Waals surface area (Å²) in [6.07, 6.45) is 0. The smallest absolute Gasteiger partial charge is 0.338 e. The summed E-state index contributed by atoms with van der Waals surface area (Å²) in [5.41, 5.74) is -0.483. The molecule has 0 saturated heterocycles. The van der Waals surface area contributed by atoms with E-state index in [1.807, 2.05) is 0 Å². The number of nitrogens with zero attached hydrogens (tertiary/aromatic N) is 2. The van der Waals surface area contributed by atoms with Gasteiger partial charge in [-0.3, -0.25) is 24.6 Å². The Kier molecular flexibility index (Phi) is 3.63. The molecule has 0 spiro atoms. The minimum absolute atomic E-state index is 0.0124. The van der Waals surface area contributed by atoms with Gasteiger partial charge in [0.2, 0.25) is 11.8 Å². The Morgan fingerprint density at radius 2 is 2.04 bits per heavy atom. The molecule has 2 heterocycles. The van der Waals surface area contributed by atoms with Crippen molar-refractivity contribution >= 4 is 23.6 Å². The number of hydrogen-bond acceptors (Lipinski definition) is 5. The number of alkyl halides is 2. The fraction of sp³-hybridized carbons (Fsp3) is 0.200. The molecule has 0 unspecified atom stereocenters. The van der Waals surface area contributed by atoms with Gasteiger partial charge in [-0.2, -0.15) is 8.78 Å². The maximum absolute atomic E-state index is 14.2. The van der Waals surface area contributed by atoms with Crippen molar-refractivity contribution in [1.82, 2.24) is 10.1 Å². The number of carbonyl (C=O) groups is 3. The van der Waals surface area contributed by atoms with Crippen molar-refractivity contribution in [2.45, 2.75) is 12.8 Å². The zero-order valence-corrected chi connectivity index (χ0v) is 12.4. The minimum Gasteiger partial charge on any atom is -0.338 e. The Labute approximate surface area is 134 Å². The fourth-order valence-electron chi connectivity index (χ4n) is 2.35. The Balaban J connectivity index is 1.85. The van der Waals surface area contributed by atoms with Crippen molar-refractivity contribution in [3.05, 3.63) is 47.2 Å². The molecule has 0 saturated carbocycles. The molecule has 1 aromatic heterocycles. The van der Waals surface area contributed by atoms with E-state index >= 15 is 0 Å². The van der Waals surface area contributed by atoms with Crippen molar-refractivity contribution < 1.29 is 27.7 Å². The van der Waals surface area contributed by atoms with E-state index < -0.39 is 35.8 Å². The molecule has 2 aromatic rings. The van der Waals surface area contributed by atoms with Gasteiger partial charge in [-0.1, -0.05) is 23.4 Å². The van der Waals surface area contributed by atoms with Crippen molar-refractivity contribution in [3.8, 4) is 0 Å². The summed E-state index contributed by atoms with van der Waals surface area (Å²) in [5, 5.41) is 5.79. The van der Waals surface area contributed by atoms with Crippen molar-refractivity contribution in [2.75, 3.05) is 11.9 Å². The van der Waals surface area contributed by atoms with Gasteiger partial charge in [0.1, 0.15) is 6.54 Å². The van der Waals surface area contributed by atoms with Gasteiger partial charge < -0.3 is 4.52 Å². The Morgan fingerprint density at radius 3 is 2.71 bits per heavy atom. The highest BCUT2D eigenvalue weighted by atomic mass is 19.3. The van der Waals surface area contributed by atoms with E-state index in [4.69, 9.17) is 4.52 Å². The second-order valence-electron chi connectivity index (χ2n) is 5.20. The molecule has 1 aliphatic rings. The molecule has 3 amide bonds. The van der Waals surface area contributed by atoms with Crippen LogP contribution in [0.4, 0.5) is 14.7 Å². The SMILES string of the molecule is Cc1cc(NC(=O)CN2C(=O)c3ccccc3C(F)(F)C2=O)on1. The lowest BCUT2D eigenvalue weighted by molar-refractivity contribution is -0.158. The molecule has 0 atom stereocenters. The van der Waals surface area contributed by atoms with Crippen LogP contribution in [0.5, 0.6) is 0 Å². The van der Waals surface area contributed by atoms with Gasteiger partial charge in [-0.15, -0.1) is 0 Å². The van der Waals surface area contributed by atoms with E-state index in [0.717, 1.165) is 6.07 Å². The molecule has 0 bridgehead atoms. The van der Waals surface area contributed by atoms with Crippen LogP contribution in [0.15, 0.2) is 34.9 Å². The third kappa shape index (κ3) is 2.53. The van der Waals surface area contributed by atoms with E-state index in [2.05, 4.69) is 10.5 Å². The van der Waals surface area contributed by atoms with E-state index in [0.29, 0.717) is 5.69 Å². The number of halogens is 2. The quantitative estimate of drug-likeness (QED) is 0.862. The summed E-state index contributed by atoms with van der Waals surface area (Å²) >= 11 is 0. The molecule has 1 aromatic carbocycles. The molecule has 1 N–H and O–H groups in total. The molecular weight excluding hydrogens is 324 g/mol. The Morgan fingerprint density at radius 1 is 1.33 bits per heavy atom. The molecule has 0 radical (unpaired) electrons. The van der Waals surface area contributed by atoms with Crippen molar-refractivity contribution in [2.24, 2.45) is 0 Å². The Hall–Kier alpha value is -3.10. The van der Waals surface area contributed by atoms with Crippen LogP contribution in [0.25, 0.3) is 0 Å². The monoisotopic (exact) mass is 335 g/mol. The summed E-state index contributed by atoms with van der Waals surface area (Å²) in [5.74, 6) is -7.45. The lowest BCUT2D eigenvalue weighted by Crippen LogP contribution is -2.52. The van der Waals surface area contributed by atoms with Gasteiger partial charge in [0.25, 0.3) is 5.91 Å².